The van der Waals surface area contributed by atoms with Crippen LogP contribution in [-0.2, 0) is 4.79 Å². The van der Waals surface area contributed by atoms with Crippen LogP contribution in [0.2, 0.25) is 0 Å². The lowest BCUT2D eigenvalue weighted by Gasteiger charge is -2.56. The molecule has 82 valence electrons. The lowest BCUT2D eigenvalue weighted by atomic mass is 9.49. The molecule has 0 aliphatic heterocycles. The lowest BCUT2D eigenvalue weighted by Crippen LogP contribution is -2.46. The van der Waals surface area contributed by atoms with Gasteiger partial charge in [-0.25, -0.2) is 0 Å². The smallest absolute Gasteiger partial charge is 0.144 e. The van der Waals surface area contributed by atoms with Crippen LogP contribution in [0.3, 0.4) is 0 Å². The standard InChI is InChI=1S/C13H17ClO/c14-12(1-2-15)13-6-9-3-10(7-13)5-11(4-9)8-13/h1-2,9-11H,3-8H2. The number of hydrogen-bond acceptors (Lipinski definition) is 1. The molecule has 1 nitrogen and oxygen atoms in total. The van der Waals surface area contributed by atoms with E-state index in [-0.39, 0.29) is 5.41 Å². The SMILES string of the molecule is O=CC=C(Cl)C12CC3CC(CC(C3)C1)C2. The van der Waals surface area contributed by atoms with Crippen LogP contribution < -0.4 is 0 Å². The molecule has 0 aromatic rings. The fourth-order valence-electron chi connectivity index (χ4n) is 4.64. The molecular weight excluding hydrogens is 208 g/mol. The Labute approximate surface area is 95.9 Å². The average Bonchev–Trinajstić information content (AvgIpc) is 2.15. The number of carbonyl (C=O) groups is 1. The minimum atomic E-state index is 0.206. The van der Waals surface area contributed by atoms with E-state index in [2.05, 4.69) is 0 Å². The van der Waals surface area contributed by atoms with Gasteiger partial charge in [-0.3, -0.25) is 4.79 Å². The van der Waals surface area contributed by atoms with Crippen molar-refractivity contribution >= 4 is 17.9 Å². The zero-order chi connectivity index (χ0) is 10.5. The molecule has 0 radical (unpaired) electrons. The fraction of sp³-hybridized carbons (Fsp3) is 0.769. The molecule has 0 amide bonds. The molecule has 0 heterocycles. The molecule has 4 saturated carbocycles. The van der Waals surface area contributed by atoms with E-state index in [4.69, 9.17) is 11.6 Å². The van der Waals surface area contributed by atoms with Crippen LogP contribution in [-0.4, -0.2) is 6.29 Å². The summed E-state index contributed by atoms with van der Waals surface area (Å²) in [6, 6.07) is 0. The molecule has 0 N–H and O–H groups in total. The zero-order valence-corrected chi connectivity index (χ0v) is 9.67. The van der Waals surface area contributed by atoms with Gasteiger partial charge in [-0.15, -0.1) is 0 Å². The van der Waals surface area contributed by atoms with E-state index in [9.17, 15) is 4.79 Å². The van der Waals surface area contributed by atoms with Crippen LogP contribution in [0.4, 0.5) is 0 Å². The molecule has 0 unspecified atom stereocenters. The van der Waals surface area contributed by atoms with Crippen molar-refractivity contribution < 1.29 is 4.79 Å². The minimum Gasteiger partial charge on any atom is -0.299 e. The second-order valence-corrected chi connectivity index (χ2v) is 6.26. The Hall–Kier alpha value is -0.300. The average molecular weight is 225 g/mol. The largest absolute Gasteiger partial charge is 0.299 e. The Morgan fingerprint density at radius 3 is 1.93 bits per heavy atom. The van der Waals surface area contributed by atoms with Crippen LogP contribution in [0.5, 0.6) is 0 Å². The van der Waals surface area contributed by atoms with Crippen LogP contribution >= 0.6 is 11.6 Å². The van der Waals surface area contributed by atoms with Gasteiger partial charge in [-0.05, 0) is 62.4 Å². The molecule has 2 heteroatoms. The maximum Gasteiger partial charge on any atom is 0.144 e. The number of hydrogen-bond donors (Lipinski definition) is 0. The van der Waals surface area contributed by atoms with E-state index in [1.54, 1.807) is 6.08 Å². The van der Waals surface area contributed by atoms with Gasteiger partial charge >= 0.3 is 0 Å². The first-order valence-electron chi connectivity index (χ1n) is 6.03. The van der Waals surface area contributed by atoms with Gasteiger partial charge in [-0.2, -0.15) is 0 Å². The molecule has 4 aliphatic carbocycles. The summed E-state index contributed by atoms with van der Waals surface area (Å²) in [6.45, 7) is 0. The number of aldehydes is 1. The molecule has 0 spiro atoms. The Balaban J connectivity index is 1.93. The number of halogens is 1. The second-order valence-electron chi connectivity index (χ2n) is 5.85. The molecule has 0 saturated heterocycles. The van der Waals surface area contributed by atoms with Crippen molar-refractivity contribution in [1.29, 1.82) is 0 Å². The van der Waals surface area contributed by atoms with E-state index < -0.39 is 0 Å². The first kappa shape index (κ1) is 9.89. The van der Waals surface area contributed by atoms with Crippen molar-refractivity contribution in [2.24, 2.45) is 23.2 Å². The fourth-order valence-corrected chi connectivity index (χ4v) is 4.92. The Bertz CT molecular complexity index is 283. The highest BCUT2D eigenvalue weighted by molar-refractivity contribution is 6.31. The predicted molar refractivity (Wildman–Crippen MR) is 60.6 cm³/mol. The number of carbonyl (C=O) groups excluding carboxylic acids is 1. The molecule has 0 aromatic carbocycles. The van der Waals surface area contributed by atoms with Gasteiger partial charge in [-0.1, -0.05) is 11.6 Å². The summed E-state index contributed by atoms with van der Waals surface area (Å²) >= 11 is 6.33. The van der Waals surface area contributed by atoms with Crippen LogP contribution in [0.15, 0.2) is 11.1 Å². The van der Waals surface area contributed by atoms with Gasteiger partial charge in [0, 0.05) is 10.4 Å². The third-order valence-corrected chi connectivity index (χ3v) is 5.29. The summed E-state index contributed by atoms with van der Waals surface area (Å²) in [7, 11) is 0. The van der Waals surface area contributed by atoms with Crippen LogP contribution in [0.1, 0.15) is 38.5 Å². The van der Waals surface area contributed by atoms with E-state index in [1.165, 1.54) is 38.5 Å². The first-order chi connectivity index (χ1) is 7.22. The number of rotatable bonds is 2. The molecule has 4 fully saturated rings. The molecular formula is C13H17ClO. The third-order valence-electron chi connectivity index (χ3n) is 4.76. The number of allylic oxidation sites excluding steroid dienone is 2. The maximum atomic E-state index is 10.5. The van der Waals surface area contributed by atoms with Crippen molar-refractivity contribution in [2.75, 3.05) is 0 Å². The van der Waals surface area contributed by atoms with Gasteiger partial charge < -0.3 is 0 Å². The molecule has 15 heavy (non-hydrogen) atoms. The van der Waals surface area contributed by atoms with Gasteiger partial charge in [0.1, 0.15) is 6.29 Å². The zero-order valence-electron chi connectivity index (χ0n) is 8.92. The normalized spacial score (nSPS) is 48.3. The second kappa shape index (κ2) is 3.35. The molecule has 4 bridgehead atoms. The summed E-state index contributed by atoms with van der Waals surface area (Å²) in [6.07, 6.45) is 10.4. The summed E-state index contributed by atoms with van der Waals surface area (Å²) < 4.78 is 0. The van der Waals surface area contributed by atoms with Crippen molar-refractivity contribution in [2.45, 2.75) is 38.5 Å². The topological polar surface area (TPSA) is 17.1 Å². The van der Waals surface area contributed by atoms with E-state index in [0.717, 1.165) is 29.1 Å². The monoisotopic (exact) mass is 224 g/mol. The summed E-state index contributed by atoms with van der Waals surface area (Å²) in [4.78, 5) is 10.5. The van der Waals surface area contributed by atoms with Gasteiger partial charge in [0.05, 0.1) is 0 Å². The van der Waals surface area contributed by atoms with Crippen LogP contribution in [0.25, 0.3) is 0 Å². The Kier molecular flexibility index (Phi) is 2.21. The third kappa shape index (κ3) is 1.47. The predicted octanol–water partition coefficient (Wildman–Crippen LogP) is 3.52. The molecule has 4 rings (SSSR count). The highest BCUT2D eigenvalue weighted by atomic mass is 35.5. The van der Waals surface area contributed by atoms with E-state index in [0.29, 0.717) is 0 Å². The Morgan fingerprint density at radius 1 is 1.07 bits per heavy atom. The Morgan fingerprint density at radius 2 is 1.53 bits per heavy atom. The lowest BCUT2D eigenvalue weighted by molar-refractivity contribution is -0.104. The summed E-state index contributed by atoms with van der Waals surface area (Å²) in [5, 5.41) is 0.844. The van der Waals surface area contributed by atoms with E-state index in [1.807, 2.05) is 0 Å². The highest BCUT2D eigenvalue weighted by Gasteiger charge is 2.52. The maximum absolute atomic E-state index is 10.5. The molecule has 4 aliphatic rings. The van der Waals surface area contributed by atoms with Gasteiger partial charge in [0.2, 0.25) is 0 Å². The van der Waals surface area contributed by atoms with Crippen molar-refractivity contribution in [3.05, 3.63) is 11.1 Å². The summed E-state index contributed by atoms with van der Waals surface area (Å²) in [5.74, 6) is 2.68. The molecule has 0 atom stereocenters. The van der Waals surface area contributed by atoms with Gasteiger partial charge in [0.15, 0.2) is 0 Å². The van der Waals surface area contributed by atoms with Crippen molar-refractivity contribution in [3.63, 3.8) is 0 Å². The van der Waals surface area contributed by atoms with Crippen molar-refractivity contribution in [3.8, 4) is 0 Å². The first-order valence-corrected chi connectivity index (χ1v) is 6.41. The van der Waals surface area contributed by atoms with E-state index >= 15 is 0 Å². The molecule has 0 aromatic heterocycles. The highest BCUT2D eigenvalue weighted by Crippen LogP contribution is 2.63. The van der Waals surface area contributed by atoms with Gasteiger partial charge in [0.25, 0.3) is 0 Å². The van der Waals surface area contributed by atoms with Crippen LogP contribution in [0, 0.1) is 23.2 Å². The summed E-state index contributed by atoms with van der Waals surface area (Å²) in [5.41, 5.74) is 0.206. The van der Waals surface area contributed by atoms with Crippen molar-refractivity contribution in [1.82, 2.24) is 0 Å². The quantitative estimate of drug-likeness (QED) is 0.518. The minimum absolute atomic E-state index is 0.206.